The summed E-state index contributed by atoms with van der Waals surface area (Å²) in [5.74, 6) is 0.188. The minimum absolute atomic E-state index is 0.158. The number of aromatic nitrogens is 2. The minimum atomic E-state index is -0.557. The van der Waals surface area contributed by atoms with Crippen LogP contribution in [0.25, 0.3) is 0 Å². The van der Waals surface area contributed by atoms with Crippen LogP contribution in [-0.4, -0.2) is 15.9 Å². The van der Waals surface area contributed by atoms with Crippen molar-refractivity contribution in [1.82, 2.24) is 15.3 Å². The van der Waals surface area contributed by atoms with E-state index in [4.69, 9.17) is 4.74 Å². The summed E-state index contributed by atoms with van der Waals surface area (Å²) in [6.07, 6.45) is 3.99. The molecule has 26 heavy (non-hydrogen) atoms. The van der Waals surface area contributed by atoms with E-state index in [1.165, 1.54) is 6.20 Å². The summed E-state index contributed by atoms with van der Waals surface area (Å²) in [5, 5.41) is 2.73. The molecular weight excluding hydrogens is 333 g/mol. The molecule has 6 heteroatoms. The van der Waals surface area contributed by atoms with Gasteiger partial charge >= 0.3 is 0 Å². The van der Waals surface area contributed by atoms with Gasteiger partial charge in [0.1, 0.15) is 11.6 Å². The molecule has 3 aromatic rings. The van der Waals surface area contributed by atoms with Crippen molar-refractivity contribution in [3.8, 4) is 11.6 Å². The monoisotopic (exact) mass is 351 g/mol. The van der Waals surface area contributed by atoms with E-state index in [-0.39, 0.29) is 12.1 Å². The number of carbonyl (C=O) groups is 1. The van der Waals surface area contributed by atoms with E-state index < -0.39 is 11.7 Å². The van der Waals surface area contributed by atoms with Crippen LogP contribution in [0.15, 0.2) is 55.0 Å². The molecule has 0 aliphatic carbocycles. The fourth-order valence-electron chi connectivity index (χ4n) is 2.52. The van der Waals surface area contributed by atoms with Gasteiger partial charge in [0.05, 0.1) is 11.8 Å². The highest BCUT2D eigenvalue weighted by Crippen LogP contribution is 2.29. The first-order valence-electron chi connectivity index (χ1n) is 8.11. The molecule has 2 aromatic heterocycles. The van der Waals surface area contributed by atoms with Crippen LogP contribution in [0.5, 0.6) is 11.6 Å². The highest BCUT2D eigenvalue weighted by Gasteiger charge is 2.12. The van der Waals surface area contributed by atoms with Crippen molar-refractivity contribution in [2.24, 2.45) is 0 Å². The Morgan fingerprint density at radius 1 is 1.15 bits per heavy atom. The number of nitrogens with one attached hydrogen (secondary N) is 1. The third kappa shape index (κ3) is 4.03. The summed E-state index contributed by atoms with van der Waals surface area (Å²) in [6, 6.07) is 10.6. The largest absolute Gasteiger partial charge is 0.438 e. The van der Waals surface area contributed by atoms with Crippen LogP contribution in [-0.2, 0) is 6.54 Å². The van der Waals surface area contributed by atoms with Gasteiger partial charge in [-0.05, 0) is 37.1 Å². The van der Waals surface area contributed by atoms with E-state index in [1.54, 1.807) is 12.3 Å². The molecule has 2 heterocycles. The lowest BCUT2D eigenvalue weighted by molar-refractivity contribution is 0.0950. The third-order valence-corrected chi connectivity index (χ3v) is 3.86. The molecule has 0 unspecified atom stereocenters. The predicted molar refractivity (Wildman–Crippen MR) is 95.6 cm³/mol. The van der Waals surface area contributed by atoms with Crippen LogP contribution in [0.1, 0.15) is 27.0 Å². The molecule has 1 N–H and O–H groups in total. The maximum absolute atomic E-state index is 13.2. The highest BCUT2D eigenvalue weighted by molar-refractivity contribution is 5.93. The Bertz CT molecular complexity index is 924. The summed E-state index contributed by atoms with van der Waals surface area (Å²) in [6.45, 7) is 4.12. The molecule has 0 bridgehead atoms. The standard InChI is InChI=1S/C20H18FN3O2/c1-13-5-3-6-14(2)18(13)26-20-15(7-4-8-23-20)11-24-19(25)16-9-17(21)12-22-10-16/h3-10,12H,11H2,1-2H3,(H,24,25). The van der Waals surface area contributed by atoms with E-state index in [1.807, 2.05) is 38.1 Å². The Hall–Kier alpha value is -3.28. The second kappa shape index (κ2) is 7.74. The number of hydrogen-bond acceptors (Lipinski definition) is 4. The lowest BCUT2D eigenvalue weighted by Crippen LogP contribution is -2.23. The second-order valence-corrected chi connectivity index (χ2v) is 5.87. The number of halogens is 1. The molecule has 0 atom stereocenters. The average Bonchev–Trinajstić information content (AvgIpc) is 2.63. The van der Waals surface area contributed by atoms with Gasteiger partial charge in [-0.2, -0.15) is 0 Å². The van der Waals surface area contributed by atoms with Crippen LogP contribution in [0.2, 0.25) is 0 Å². The smallest absolute Gasteiger partial charge is 0.253 e. The van der Waals surface area contributed by atoms with Crippen LogP contribution >= 0.6 is 0 Å². The molecule has 1 amide bonds. The molecule has 0 aliphatic heterocycles. The van der Waals surface area contributed by atoms with Crippen molar-refractivity contribution in [1.29, 1.82) is 0 Å². The Kier molecular flexibility index (Phi) is 5.22. The molecule has 5 nitrogen and oxygen atoms in total. The number of benzene rings is 1. The summed E-state index contributed by atoms with van der Waals surface area (Å²) >= 11 is 0. The first kappa shape index (κ1) is 17.5. The Morgan fingerprint density at radius 3 is 2.65 bits per heavy atom. The summed E-state index contributed by atoms with van der Waals surface area (Å²) in [5.41, 5.74) is 2.87. The number of rotatable bonds is 5. The maximum atomic E-state index is 13.2. The third-order valence-electron chi connectivity index (χ3n) is 3.86. The van der Waals surface area contributed by atoms with Crippen LogP contribution in [0.4, 0.5) is 4.39 Å². The molecule has 132 valence electrons. The van der Waals surface area contributed by atoms with Gasteiger partial charge in [0, 0.05) is 24.5 Å². The number of ether oxygens (including phenoxy) is 1. The lowest BCUT2D eigenvalue weighted by atomic mass is 10.1. The number of carbonyl (C=O) groups excluding carboxylic acids is 1. The molecule has 0 fully saturated rings. The number of pyridine rings is 2. The van der Waals surface area contributed by atoms with Crippen LogP contribution in [0, 0.1) is 19.7 Å². The van der Waals surface area contributed by atoms with Crippen molar-refractivity contribution in [3.63, 3.8) is 0 Å². The van der Waals surface area contributed by atoms with Gasteiger partial charge in [-0.1, -0.05) is 24.3 Å². The van der Waals surface area contributed by atoms with E-state index in [2.05, 4.69) is 15.3 Å². The molecule has 0 aliphatic rings. The first-order valence-corrected chi connectivity index (χ1v) is 8.11. The van der Waals surface area contributed by atoms with Crippen LogP contribution < -0.4 is 10.1 Å². The molecule has 0 saturated carbocycles. The van der Waals surface area contributed by atoms with E-state index in [0.717, 1.165) is 29.1 Å². The van der Waals surface area contributed by atoms with Gasteiger partial charge in [0.15, 0.2) is 0 Å². The summed E-state index contributed by atoms with van der Waals surface area (Å²) in [7, 11) is 0. The van der Waals surface area contributed by atoms with Crippen molar-refractivity contribution in [2.45, 2.75) is 20.4 Å². The number of amides is 1. The van der Waals surface area contributed by atoms with Crippen LogP contribution in [0.3, 0.4) is 0 Å². The van der Waals surface area contributed by atoms with Crippen molar-refractivity contribution >= 4 is 5.91 Å². The summed E-state index contributed by atoms with van der Waals surface area (Å²) < 4.78 is 19.2. The maximum Gasteiger partial charge on any atom is 0.253 e. The quantitative estimate of drug-likeness (QED) is 0.756. The van der Waals surface area contributed by atoms with Gasteiger partial charge in [-0.15, -0.1) is 0 Å². The average molecular weight is 351 g/mol. The van der Waals surface area contributed by atoms with Crippen molar-refractivity contribution in [3.05, 3.63) is 83.1 Å². The predicted octanol–water partition coefficient (Wildman–Crippen LogP) is 3.95. The Balaban J connectivity index is 1.76. The molecule has 1 aromatic carbocycles. The summed E-state index contributed by atoms with van der Waals surface area (Å²) in [4.78, 5) is 20.1. The van der Waals surface area contributed by atoms with Crippen molar-refractivity contribution < 1.29 is 13.9 Å². The zero-order chi connectivity index (χ0) is 18.5. The topological polar surface area (TPSA) is 64.1 Å². The fourth-order valence-corrected chi connectivity index (χ4v) is 2.52. The lowest BCUT2D eigenvalue weighted by Gasteiger charge is -2.14. The molecule has 0 saturated heterocycles. The molecule has 0 radical (unpaired) electrons. The first-order chi connectivity index (χ1) is 12.5. The van der Waals surface area contributed by atoms with E-state index in [0.29, 0.717) is 11.4 Å². The molecule has 0 spiro atoms. The Labute approximate surface area is 150 Å². The van der Waals surface area contributed by atoms with Crippen molar-refractivity contribution in [2.75, 3.05) is 0 Å². The normalized spacial score (nSPS) is 10.4. The Morgan fingerprint density at radius 2 is 1.92 bits per heavy atom. The number of aryl methyl sites for hydroxylation is 2. The number of nitrogens with zero attached hydrogens (tertiary/aromatic N) is 2. The minimum Gasteiger partial charge on any atom is -0.438 e. The second-order valence-electron chi connectivity index (χ2n) is 5.87. The molecular formula is C20H18FN3O2. The number of hydrogen-bond donors (Lipinski definition) is 1. The number of para-hydroxylation sites is 1. The molecule has 3 rings (SSSR count). The SMILES string of the molecule is Cc1cccc(C)c1Oc1ncccc1CNC(=O)c1cncc(F)c1. The van der Waals surface area contributed by atoms with Gasteiger partial charge in [0.25, 0.3) is 5.91 Å². The zero-order valence-corrected chi connectivity index (χ0v) is 14.5. The van der Waals surface area contributed by atoms with Gasteiger partial charge < -0.3 is 10.1 Å². The highest BCUT2D eigenvalue weighted by atomic mass is 19.1. The van der Waals surface area contributed by atoms with E-state index in [9.17, 15) is 9.18 Å². The van der Waals surface area contributed by atoms with Gasteiger partial charge in [-0.25, -0.2) is 9.37 Å². The van der Waals surface area contributed by atoms with Gasteiger partial charge in [0.2, 0.25) is 5.88 Å². The zero-order valence-electron chi connectivity index (χ0n) is 14.5. The van der Waals surface area contributed by atoms with E-state index >= 15 is 0 Å². The fraction of sp³-hybridized carbons (Fsp3) is 0.150. The van der Waals surface area contributed by atoms with Gasteiger partial charge in [-0.3, -0.25) is 9.78 Å².